The average molecular weight is 251 g/mol. The van der Waals surface area contributed by atoms with E-state index in [-0.39, 0.29) is 5.41 Å². The first-order valence-electron chi connectivity index (χ1n) is 6.92. The van der Waals surface area contributed by atoms with Crippen LogP contribution in [0.3, 0.4) is 0 Å². The van der Waals surface area contributed by atoms with Crippen LogP contribution in [0.4, 0.5) is 0 Å². The van der Waals surface area contributed by atoms with Crippen LogP contribution >= 0.6 is 0 Å². The van der Waals surface area contributed by atoms with Crippen molar-refractivity contribution in [1.29, 1.82) is 0 Å². The van der Waals surface area contributed by atoms with Crippen LogP contribution in [0.1, 0.15) is 61.1 Å². The Labute approximate surface area is 112 Å². The molecule has 0 saturated carbocycles. The van der Waals surface area contributed by atoms with Gasteiger partial charge < -0.3 is 0 Å². The molecule has 0 N–H and O–H groups in total. The molecular weight excluding hydrogens is 222 g/mol. The van der Waals surface area contributed by atoms with Crippen molar-refractivity contribution in [2.75, 3.05) is 0 Å². The minimum atomic E-state index is 0.0805. The zero-order valence-corrected chi connectivity index (χ0v) is 13.3. The van der Waals surface area contributed by atoms with Crippen molar-refractivity contribution in [1.82, 2.24) is 15.0 Å². The molecule has 0 aromatic carbocycles. The van der Waals surface area contributed by atoms with E-state index in [0.29, 0.717) is 17.3 Å². The quantitative estimate of drug-likeness (QED) is 0.816. The second-order valence-electron chi connectivity index (χ2n) is 7.71. The lowest BCUT2D eigenvalue weighted by Crippen LogP contribution is -2.27. The third-order valence-corrected chi connectivity index (χ3v) is 4.00. The molecule has 2 atom stereocenters. The molecular formula is C15H29N3. The van der Waals surface area contributed by atoms with E-state index in [1.165, 1.54) is 0 Å². The summed E-state index contributed by atoms with van der Waals surface area (Å²) in [5.74, 6) is 1.25. The monoisotopic (exact) mass is 251 g/mol. The van der Waals surface area contributed by atoms with Gasteiger partial charge in [-0.05, 0) is 17.3 Å². The Morgan fingerprint density at radius 1 is 1.11 bits per heavy atom. The van der Waals surface area contributed by atoms with Gasteiger partial charge in [0.25, 0.3) is 0 Å². The van der Waals surface area contributed by atoms with Crippen molar-refractivity contribution in [3.05, 3.63) is 11.9 Å². The molecule has 0 aliphatic heterocycles. The Kier molecular flexibility index (Phi) is 4.24. The number of nitrogens with zero attached hydrogens (tertiary/aromatic N) is 3. The lowest BCUT2D eigenvalue weighted by Gasteiger charge is -2.32. The highest BCUT2D eigenvalue weighted by Crippen LogP contribution is 2.32. The van der Waals surface area contributed by atoms with Crippen molar-refractivity contribution in [3.8, 4) is 0 Å². The molecule has 18 heavy (non-hydrogen) atoms. The number of aromatic nitrogens is 3. The molecule has 3 nitrogen and oxygen atoms in total. The molecule has 0 saturated heterocycles. The van der Waals surface area contributed by atoms with Crippen molar-refractivity contribution in [3.63, 3.8) is 0 Å². The summed E-state index contributed by atoms with van der Waals surface area (Å²) in [4.78, 5) is 0. The van der Waals surface area contributed by atoms with Gasteiger partial charge in [0.1, 0.15) is 0 Å². The first kappa shape index (κ1) is 15.2. The predicted molar refractivity (Wildman–Crippen MR) is 76.5 cm³/mol. The average Bonchev–Trinajstić information content (AvgIpc) is 2.62. The number of hydrogen-bond acceptors (Lipinski definition) is 2. The summed E-state index contributed by atoms with van der Waals surface area (Å²) >= 11 is 0. The number of hydrogen-bond donors (Lipinski definition) is 0. The highest BCUT2D eigenvalue weighted by molar-refractivity contribution is 5.06. The van der Waals surface area contributed by atoms with Gasteiger partial charge in [-0.3, -0.25) is 4.68 Å². The van der Waals surface area contributed by atoms with Gasteiger partial charge in [0, 0.05) is 18.2 Å². The lowest BCUT2D eigenvalue weighted by atomic mass is 9.75. The van der Waals surface area contributed by atoms with Crippen LogP contribution in [-0.2, 0) is 12.0 Å². The van der Waals surface area contributed by atoms with Crippen molar-refractivity contribution in [2.24, 2.45) is 17.3 Å². The zero-order valence-electron chi connectivity index (χ0n) is 13.3. The molecule has 2 unspecified atom stereocenters. The summed E-state index contributed by atoms with van der Waals surface area (Å²) in [6.45, 7) is 19.0. The molecule has 0 amide bonds. The maximum absolute atomic E-state index is 4.27. The third kappa shape index (κ3) is 3.82. The summed E-state index contributed by atoms with van der Waals surface area (Å²) in [7, 11) is 0. The summed E-state index contributed by atoms with van der Waals surface area (Å²) in [5, 5.41) is 8.53. The summed E-state index contributed by atoms with van der Waals surface area (Å²) in [6.07, 6.45) is 2.09. The molecule has 0 fully saturated rings. The topological polar surface area (TPSA) is 30.7 Å². The van der Waals surface area contributed by atoms with E-state index >= 15 is 0 Å². The van der Waals surface area contributed by atoms with E-state index in [1.807, 2.05) is 4.68 Å². The minimum absolute atomic E-state index is 0.0805. The first-order chi connectivity index (χ1) is 8.01. The second-order valence-corrected chi connectivity index (χ2v) is 7.71. The van der Waals surface area contributed by atoms with E-state index in [4.69, 9.17) is 0 Å². The smallest absolute Gasteiger partial charge is 0.0880 e. The highest BCUT2D eigenvalue weighted by atomic mass is 15.4. The van der Waals surface area contributed by atoms with Crippen LogP contribution in [-0.4, -0.2) is 15.0 Å². The van der Waals surface area contributed by atoms with E-state index in [1.54, 1.807) is 0 Å². The van der Waals surface area contributed by atoms with Crippen LogP contribution in [0, 0.1) is 17.3 Å². The van der Waals surface area contributed by atoms with Gasteiger partial charge in [0.2, 0.25) is 0 Å². The molecule has 0 bridgehead atoms. The van der Waals surface area contributed by atoms with E-state index in [9.17, 15) is 0 Å². The summed E-state index contributed by atoms with van der Waals surface area (Å²) < 4.78 is 1.99. The van der Waals surface area contributed by atoms with Gasteiger partial charge in [0.05, 0.1) is 5.69 Å². The van der Waals surface area contributed by atoms with Crippen LogP contribution in [0.15, 0.2) is 6.20 Å². The largest absolute Gasteiger partial charge is 0.252 e. The first-order valence-corrected chi connectivity index (χ1v) is 6.92. The van der Waals surface area contributed by atoms with E-state index in [2.05, 4.69) is 71.9 Å². The van der Waals surface area contributed by atoms with E-state index in [0.717, 1.165) is 12.2 Å². The molecule has 0 aliphatic rings. The van der Waals surface area contributed by atoms with Crippen molar-refractivity contribution >= 4 is 0 Å². The molecule has 1 rings (SSSR count). The number of rotatable bonds is 3. The standard InChI is InChI=1S/C15H29N3/c1-11(12(2)14(3,4)5)9-18-10-13(16-17-18)15(6,7)8/h10-12H,9H2,1-8H3. The fourth-order valence-corrected chi connectivity index (χ4v) is 2.04. The molecule has 0 radical (unpaired) electrons. The fraction of sp³-hybridized carbons (Fsp3) is 0.867. The highest BCUT2D eigenvalue weighted by Gasteiger charge is 2.26. The third-order valence-electron chi connectivity index (χ3n) is 4.00. The molecule has 0 aliphatic carbocycles. The van der Waals surface area contributed by atoms with Gasteiger partial charge in [-0.2, -0.15) is 0 Å². The van der Waals surface area contributed by atoms with Crippen LogP contribution in [0.2, 0.25) is 0 Å². The Hall–Kier alpha value is -0.860. The Bertz CT molecular complexity index is 379. The molecule has 0 spiro atoms. The molecule has 104 valence electrons. The predicted octanol–water partition coefficient (Wildman–Crippen LogP) is 3.89. The summed E-state index contributed by atoms with van der Waals surface area (Å²) in [6, 6.07) is 0. The molecule has 1 aromatic rings. The van der Waals surface area contributed by atoms with Gasteiger partial charge in [-0.25, -0.2) is 0 Å². The van der Waals surface area contributed by atoms with Crippen LogP contribution < -0.4 is 0 Å². The Balaban J connectivity index is 2.71. The fourth-order valence-electron chi connectivity index (χ4n) is 2.04. The minimum Gasteiger partial charge on any atom is -0.252 e. The molecule has 1 heterocycles. The molecule has 1 aromatic heterocycles. The van der Waals surface area contributed by atoms with Crippen molar-refractivity contribution < 1.29 is 0 Å². The van der Waals surface area contributed by atoms with Crippen LogP contribution in [0.5, 0.6) is 0 Å². The van der Waals surface area contributed by atoms with Crippen LogP contribution in [0.25, 0.3) is 0 Å². The van der Waals surface area contributed by atoms with Gasteiger partial charge >= 0.3 is 0 Å². The second kappa shape index (κ2) is 5.02. The maximum atomic E-state index is 4.27. The summed E-state index contributed by atoms with van der Waals surface area (Å²) in [5.41, 5.74) is 1.49. The molecule has 3 heteroatoms. The van der Waals surface area contributed by atoms with E-state index < -0.39 is 0 Å². The zero-order chi connectivity index (χ0) is 14.1. The van der Waals surface area contributed by atoms with Gasteiger partial charge in [-0.15, -0.1) is 5.10 Å². The van der Waals surface area contributed by atoms with Gasteiger partial charge in [0.15, 0.2) is 0 Å². The Morgan fingerprint density at radius 2 is 1.67 bits per heavy atom. The Morgan fingerprint density at radius 3 is 2.06 bits per heavy atom. The van der Waals surface area contributed by atoms with Crippen molar-refractivity contribution in [2.45, 2.75) is 67.3 Å². The maximum Gasteiger partial charge on any atom is 0.0880 e. The van der Waals surface area contributed by atoms with Gasteiger partial charge in [-0.1, -0.05) is 60.6 Å². The lowest BCUT2D eigenvalue weighted by molar-refractivity contribution is 0.169. The SMILES string of the molecule is CC(Cn1cc(C(C)(C)C)nn1)C(C)C(C)(C)C. The normalized spacial score (nSPS) is 16.7.